The Morgan fingerprint density at radius 2 is 2.07 bits per heavy atom. The van der Waals surface area contributed by atoms with Gasteiger partial charge in [0.15, 0.2) is 0 Å². The molecule has 0 bridgehead atoms. The normalized spacial score (nSPS) is 11.1. The minimum absolute atomic E-state index is 0.000972. The van der Waals surface area contributed by atoms with E-state index < -0.39 is 0 Å². The Kier molecular flexibility index (Phi) is 2.36. The van der Waals surface area contributed by atoms with Gasteiger partial charge in [-0.1, -0.05) is 6.07 Å². The predicted molar refractivity (Wildman–Crippen MR) is 61.0 cm³/mol. The largest absolute Gasteiger partial charge is 0.329 e. The summed E-state index contributed by atoms with van der Waals surface area (Å²) < 4.78 is 3.38. The molecule has 0 unspecified atom stereocenters. The highest BCUT2D eigenvalue weighted by atomic mass is 16.1. The van der Waals surface area contributed by atoms with Crippen molar-refractivity contribution >= 4 is 11.0 Å². The lowest BCUT2D eigenvalue weighted by Gasteiger charge is -1.99. The van der Waals surface area contributed by atoms with E-state index >= 15 is 0 Å². The van der Waals surface area contributed by atoms with Gasteiger partial charge >= 0.3 is 5.69 Å². The average molecular weight is 205 g/mol. The van der Waals surface area contributed by atoms with Crippen molar-refractivity contribution in [3.05, 3.63) is 34.2 Å². The van der Waals surface area contributed by atoms with Gasteiger partial charge in [0.1, 0.15) is 0 Å². The highest BCUT2D eigenvalue weighted by molar-refractivity contribution is 5.76. The number of nitrogens with two attached hydrogens (primary N) is 1. The molecule has 0 fully saturated rings. The van der Waals surface area contributed by atoms with E-state index in [0.717, 1.165) is 16.6 Å². The van der Waals surface area contributed by atoms with Crippen LogP contribution in [0.3, 0.4) is 0 Å². The van der Waals surface area contributed by atoms with Gasteiger partial charge in [-0.05, 0) is 24.6 Å². The molecule has 0 amide bonds. The molecule has 2 aromatic rings. The van der Waals surface area contributed by atoms with Crippen LogP contribution in [0, 0.1) is 6.92 Å². The zero-order chi connectivity index (χ0) is 11.0. The third-order valence-corrected chi connectivity index (χ3v) is 2.65. The van der Waals surface area contributed by atoms with E-state index in [1.54, 1.807) is 16.2 Å². The van der Waals surface area contributed by atoms with Crippen LogP contribution >= 0.6 is 0 Å². The molecule has 0 aliphatic rings. The van der Waals surface area contributed by atoms with Crippen LogP contribution in [0.25, 0.3) is 11.0 Å². The van der Waals surface area contributed by atoms with Gasteiger partial charge in [-0.25, -0.2) is 4.79 Å². The topological polar surface area (TPSA) is 53.0 Å². The first-order valence-electron chi connectivity index (χ1n) is 5.01. The molecule has 0 saturated heterocycles. The van der Waals surface area contributed by atoms with Crippen molar-refractivity contribution in [1.29, 1.82) is 0 Å². The third kappa shape index (κ3) is 1.47. The minimum atomic E-state index is 0.000972. The zero-order valence-corrected chi connectivity index (χ0v) is 9.03. The second-order valence-electron chi connectivity index (χ2n) is 3.77. The van der Waals surface area contributed by atoms with E-state index in [-0.39, 0.29) is 5.69 Å². The number of imidazole rings is 1. The number of rotatable bonds is 2. The second kappa shape index (κ2) is 3.55. The van der Waals surface area contributed by atoms with Crippen molar-refractivity contribution in [2.75, 3.05) is 6.54 Å². The lowest BCUT2D eigenvalue weighted by molar-refractivity contribution is 0.675. The number of hydrogen-bond donors (Lipinski definition) is 1. The molecule has 0 saturated carbocycles. The summed E-state index contributed by atoms with van der Waals surface area (Å²) in [5.41, 5.74) is 8.57. The number of nitrogens with zero attached hydrogens (tertiary/aromatic N) is 2. The Morgan fingerprint density at radius 3 is 2.73 bits per heavy atom. The van der Waals surface area contributed by atoms with Crippen molar-refractivity contribution in [3.63, 3.8) is 0 Å². The molecule has 4 heteroatoms. The number of fused-ring (bicyclic) bond motifs is 1. The van der Waals surface area contributed by atoms with Crippen LogP contribution in [-0.2, 0) is 13.6 Å². The molecular weight excluding hydrogens is 190 g/mol. The molecule has 1 aromatic carbocycles. The van der Waals surface area contributed by atoms with E-state index in [2.05, 4.69) is 0 Å². The summed E-state index contributed by atoms with van der Waals surface area (Å²) in [6, 6.07) is 6.00. The lowest BCUT2D eigenvalue weighted by atomic mass is 10.2. The fourth-order valence-electron chi connectivity index (χ4n) is 1.86. The van der Waals surface area contributed by atoms with Crippen LogP contribution in [0.1, 0.15) is 5.56 Å². The fourth-order valence-corrected chi connectivity index (χ4v) is 1.86. The van der Waals surface area contributed by atoms with Crippen LogP contribution in [0.2, 0.25) is 0 Å². The molecule has 2 N–H and O–H groups in total. The molecule has 0 atom stereocenters. The van der Waals surface area contributed by atoms with Crippen LogP contribution in [0.4, 0.5) is 0 Å². The van der Waals surface area contributed by atoms with Crippen LogP contribution < -0.4 is 11.4 Å². The fraction of sp³-hybridized carbons (Fsp3) is 0.364. The molecule has 15 heavy (non-hydrogen) atoms. The first-order chi connectivity index (χ1) is 7.15. The van der Waals surface area contributed by atoms with Gasteiger partial charge in [-0.15, -0.1) is 0 Å². The van der Waals surface area contributed by atoms with Crippen LogP contribution in [-0.4, -0.2) is 15.7 Å². The van der Waals surface area contributed by atoms with Crippen molar-refractivity contribution < 1.29 is 0 Å². The van der Waals surface area contributed by atoms with Crippen molar-refractivity contribution in [2.24, 2.45) is 12.8 Å². The van der Waals surface area contributed by atoms with Crippen molar-refractivity contribution in [1.82, 2.24) is 9.13 Å². The average Bonchev–Trinajstić information content (AvgIpc) is 2.44. The molecule has 2 rings (SSSR count). The van der Waals surface area contributed by atoms with E-state index in [1.165, 1.54) is 0 Å². The lowest BCUT2D eigenvalue weighted by Crippen LogP contribution is -2.25. The summed E-state index contributed by atoms with van der Waals surface area (Å²) in [5.74, 6) is 0. The Morgan fingerprint density at radius 1 is 1.33 bits per heavy atom. The van der Waals surface area contributed by atoms with Crippen molar-refractivity contribution in [2.45, 2.75) is 13.5 Å². The van der Waals surface area contributed by atoms with Gasteiger partial charge in [-0.3, -0.25) is 9.13 Å². The maximum atomic E-state index is 11.9. The number of aromatic nitrogens is 2. The standard InChI is InChI=1S/C11H15N3O/c1-8-3-4-9-10(7-8)13(2)11(15)14(9)6-5-12/h3-4,7H,5-6,12H2,1-2H3. The summed E-state index contributed by atoms with van der Waals surface area (Å²) in [4.78, 5) is 11.9. The Hall–Kier alpha value is -1.55. The van der Waals surface area contributed by atoms with E-state index in [1.807, 2.05) is 25.1 Å². The molecule has 4 nitrogen and oxygen atoms in total. The third-order valence-electron chi connectivity index (χ3n) is 2.65. The minimum Gasteiger partial charge on any atom is -0.329 e. The smallest absolute Gasteiger partial charge is 0.328 e. The van der Waals surface area contributed by atoms with Gasteiger partial charge in [0.25, 0.3) is 0 Å². The zero-order valence-electron chi connectivity index (χ0n) is 9.03. The summed E-state index contributed by atoms with van der Waals surface area (Å²) in [6.07, 6.45) is 0. The SMILES string of the molecule is Cc1ccc2c(c1)n(C)c(=O)n2CCN. The van der Waals surface area contributed by atoms with E-state index in [4.69, 9.17) is 5.73 Å². The summed E-state index contributed by atoms with van der Waals surface area (Å²) in [6.45, 7) is 3.07. The van der Waals surface area contributed by atoms with Crippen LogP contribution in [0.5, 0.6) is 0 Å². The molecule has 0 aliphatic carbocycles. The maximum Gasteiger partial charge on any atom is 0.328 e. The summed E-state index contributed by atoms with van der Waals surface area (Å²) in [5, 5.41) is 0. The van der Waals surface area contributed by atoms with Gasteiger partial charge in [0.05, 0.1) is 11.0 Å². The van der Waals surface area contributed by atoms with Gasteiger partial charge in [0.2, 0.25) is 0 Å². The molecule has 0 radical (unpaired) electrons. The maximum absolute atomic E-state index is 11.9. The van der Waals surface area contributed by atoms with Gasteiger partial charge < -0.3 is 5.73 Å². The molecule has 0 spiro atoms. The quantitative estimate of drug-likeness (QED) is 0.781. The van der Waals surface area contributed by atoms with E-state index in [9.17, 15) is 4.79 Å². The first-order valence-corrected chi connectivity index (χ1v) is 5.01. The Balaban J connectivity index is 2.81. The molecule has 80 valence electrons. The number of hydrogen-bond acceptors (Lipinski definition) is 2. The highest BCUT2D eigenvalue weighted by Crippen LogP contribution is 2.13. The number of aryl methyl sites for hydroxylation is 2. The van der Waals surface area contributed by atoms with Gasteiger partial charge in [-0.2, -0.15) is 0 Å². The van der Waals surface area contributed by atoms with Crippen LogP contribution in [0.15, 0.2) is 23.0 Å². The molecule has 1 aromatic heterocycles. The highest BCUT2D eigenvalue weighted by Gasteiger charge is 2.09. The van der Waals surface area contributed by atoms with Gasteiger partial charge in [0, 0.05) is 20.1 Å². The van der Waals surface area contributed by atoms with Crippen molar-refractivity contribution in [3.8, 4) is 0 Å². The Labute approximate surface area is 87.9 Å². The monoisotopic (exact) mass is 205 g/mol. The molecule has 0 aliphatic heterocycles. The molecule has 1 heterocycles. The Bertz CT molecular complexity index is 551. The second-order valence-corrected chi connectivity index (χ2v) is 3.77. The first kappa shape index (κ1) is 9.98. The summed E-state index contributed by atoms with van der Waals surface area (Å²) in [7, 11) is 1.79. The number of benzene rings is 1. The predicted octanol–water partition coefficient (Wildman–Crippen LogP) is 0.607. The molecular formula is C11H15N3O. The summed E-state index contributed by atoms with van der Waals surface area (Å²) >= 11 is 0. The van der Waals surface area contributed by atoms with E-state index in [0.29, 0.717) is 13.1 Å².